The van der Waals surface area contributed by atoms with Crippen molar-refractivity contribution in [2.45, 2.75) is 33.9 Å². The summed E-state index contributed by atoms with van der Waals surface area (Å²) < 4.78 is 3.85. The largest absolute Gasteiger partial charge is 0.356 e. The standard InChI is InChI=1S/C19H30N8O/c1-5-20-19(22-11-17-21-6-7-25(17)12-15(2)3)26-8-9-27(18(28)14-26)16-10-23-24(4)13-16/h6-7,10,13,15H,5,8-9,11-12,14H2,1-4H3,(H,20,22). The van der Waals surface area contributed by atoms with Crippen LogP contribution in [-0.4, -0.2) is 62.3 Å². The highest BCUT2D eigenvalue weighted by Crippen LogP contribution is 2.16. The van der Waals surface area contributed by atoms with Crippen molar-refractivity contribution in [2.75, 3.05) is 31.1 Å². The summed E-state index contributed by atoms with van der Waals surface area (Å²) in [6, 6.07) is 0. The van der Waals surface area contributed by atoms with Gasteiger partial charge >= 0.3 is 0 Å². The second-order valence-corrected chi connectivity index (χ2v) is 7.40. The third-order valence-corrected chi connectivity index (χ3v) is 4.59. The summed E-state index contributed by atoms with van der Waals surface area (Å²) in [5, 5.41) is 7.47. The van der Waals surface area contributed by atoms with Crippen molar-refractivity contribution < 1.29 is 4.79 Å². The van der Waals surface area contributed by atoms with Gasteiger partial charge in [0.1, 0.15) is 18.9 Å². The lowest BCUT2D eigenvalue weighted by atomic mass is 10.2. The molecule has 1 N–H and O–H groups in total. The summed E-state index contributed by atoms with van der Waals surface area (Å²) >= 11 is 0. The van der Waals surface area contributed by atoms with E-state index in [4.69, 9.17) is 4.99 Å². The summed E-state index contributed by atoms with van der Waals surface area (Å²) in [6.45, 7) is 10.2. The minimum absolute atomic E-state index is 0.0474. The molecule has 2 aromatic heterocycles. The van der Waals surface area contributed by atoms with Crippen molar-refractivity contribution in [2.24, 2.45) is 18.0 Å². The Morgan fingerprint density at radius 1 is 1.36 bits per heavy atom. The number of aryl methyl sites for hydroxylation is 1. The fourth-order valence-electron chi connectivity index (χ4n) is 3.30. The third kappa shape index (κ3) is 4.71. The molecule has 0 aliphatic carbocycles. The fraction of sp³-hybridized carbons (Fsp3) is 0.579. The molecule has 28 heavy (non-hydrogen) atoms. The van der Waals surface area contributed by atoms with Gasteiger partial charge in [-0.2, -0.15) is 5.10 Å². The Morgan fingerprint density at radius 3 is 2.82 bits per heavy atom. The normalized spacial score (nSPS) is 15.6. The lowest BCUT2D eigenvalue weighted by Gasteiger charge is -2.35. The number of amides is 1. The molecule has 1 saturated heterocycles. The van der Waals surface area contributed by atoms with Crippen LogP contribution < -0.4 is 10.2 Å². The average molecular weight is 387 g/mol. The van der Waals surface area contributed by atoms with E-state index in [-0.39, 0.29) is 5.91 Å². The smallest absolute Gasteiger partial charge is 0.246 e. The lowest BCUT2D eigenvalue weighted by molar-refractivity contribution is -0.120. The number of aliphatic imine (C=N–C) groups is 1. The van der Waals surface area contributed by atoms with Crippen LogP contribution >= 0.6 is 0 Å². The van der Waals surface area contributed by atoms with Gasteiger partial charge in [-0.1, -0.05) is 13.8 Å². The molecule has 0 bridgehead atoms. The highest BCUT2D eigenvalue weighted by atomic mass is 16.2. The highest BCUT2D eigenvalue weighted by molar-refractivity contribution is 5.98. The van der Waals surface area contributed by atoms with Crippen LogP contribution in [-0.2, 0) is 24.9 Å². The molecule has 0 aromatic carbocycles. The van der Waals surface area contributed by atoms with Gasteiger partial charge in [0.2, 0.25) is 5.91 Å². The monoisotopic (exact) mass is 386 g/mol. The van der Waals surface area contributed by atoms with Crippen molar-refractivity contribution >= 4 is 17.6 Å². The number of carbonyl (C=O) groups is 1. The number of nitrogens with one attached hydrogen (secondary N) is 1. The molecule has 3 rings (SSSR count). The summed E-state index contributed by atoms with van der Waals surface area (Å²) in [6.07, 6.45) is 7.40. The zero-order valence-electron chi connectivity index (χ0n) is 17.2. The van der Waals surface area contributed by atoms with Crippen molar-refractivity contribution in [3.05, 3.63) is 30.6 Å². The Bertz CT molecular complexity index is 822. The molecule has 3 heterocycles. The number of piperazine rings is 1. The van der Waals surface area contributed by atoms with Crippen LogP contribution in [0, 0.1) is 5.92 Å². The molecule has 0 unspecified atom stereocenters. The molecular weight excluding hydrogens is 356 g/mol. The number of guanidine groups is 1. The van der Waals surface area contributed by atoms with Gasteiger partial charge in [-0.15, -0.1) is 0 Å². The molecular formula is C19H30N8O. The van der Waals surface area contributed by atoms with Crippen LogP contribution in [0.4, 0.5) is 5.69 Å². The molecule has 0 spiro atoms. The Labute approximate surface area is 166 Å². The van der Waals surface area contributed by atoms with Gasteiger partial charge in [0.15, 0.2) is 5.96 Å². The van der Waals surface area contributed by atoms with E-state index < -0.39 is 0 Å². The quantitative estimate of drug-likeness (QED) is 0.593. The Morgan fingerprint density at radius 2 is 2.18 bits per heavy atom. The van der Waals surface area contributed by atoms with Gasteiger partial charge in [0.25, 0.3) is 0 Å². The van der Waals surface area contributed by atoms with E-state index in [0.717, 1.165) is 30.6 Å². The number of aromatic nitrogens is 4. The van der Waals surface area contributed by atoms with E-state index in [1.807, 2.05) is 37.5 Å². The van der Waals surface area contributed by atoms with E-state index in [1.165, 1.54) is 0 Å². The number of rotatable bonds is 6. The lowest BCUT2D eigenvalue weighted by Crippen LogP contribution is -2.55. The topological polar surface area (TPSA) is 83.6 Å². The van der Waals surface area contributed by atoms with Crippen LogP contribution in [0.3, 0.4) is 0 Å². The van der Waals surface area contributed by atoms with Crippen molar-refractivity contribution in [3.8, 4) is 0 Å². The van der Waals surface area contributed by atoms with Crippen molar-refractivity contribution in [1.29, 1.82) is 0 Å². The zero-order chi connectivity index (χ0) is 20.1. The second-order valence-electron chi connectivity index (χ2n) is 7.40. The Hall–Kier alpha value is -2.84. The first-order valence-corrected chi connectivity index (χ1v) is 9.80. The zero-order valence-corrected chi connectivity index (χ0v) is 17.2. The molecule has 0 radical (unpaired) electrons. The number of nitrogens with zero attached hydrogens (tertiary/aromatic N) is 7. The van der Waals surface area contributed by atoms with Gasteiger partial charge in [0.05, 0.1) is 11.9 Å². The maximum atomic E-state index is 12.7. The molecule has 1 amide bonds. The predicted molar refractivity (Wildman–Crippen MR) is 109 cm³/mol. The maximum Gasteiger partial charge on any atom is 0.246 e. The maximum absolute atomic E-state index is 12.7. The summed E-state index contributed by atoms with van der Waals surface area (Å²) in [5.41, 5.74) is 0.838. The summed E-state index contributed by atoms with van der Waals surface area (Å²) in [7, 11) is 1.85. The van der Waals surface area contributed by atoms with E-state index in [2.05, 4.69) is 33.8 Å². The molecule has 0 saturated carbocycles. The van der Waals surface area contributed by atoms with Gasteiger partial charge < -0.3 is 19.7 Å². The van der Waals surface area contributed by atoms with Crippen LogP contribution in [0.15, 0.2) is 29.8 Å². The Balaban J connectivity index is 1.68. The highest BCUT2D eigenvalue weighted by Gasteiger charge is 2.27. The summed E-state index contributed by atoms with van der Waals surface area (Å²) in [5.74, 6) is 2.28. The molecule has 9 heteroatoms. The first-order chi connectivity index (χ1) is 13.5. The van der Waals surface area contributed by atoms with E-state index in [9.17, 15) is 4.79 Å². The van der Waals surface area contributed by atoms with Crippen LogP contribution in [0.1, 0.15) is 26.6 Å². The second kappa shape index (κ2) is 8.90. The molecule has 2 aromatic rings. The van der Waals surface area contributed by atoms with Gasteiger partial charge in [-0.3, -0.25) is 9.48 Å². The first kappa shape index (κ1) is 19.9. The van der Waals surface area contributed by atoms with E-state index in [1.54, 1.807) is 15.8 Å². The van der Waals surface area contributed by atoms with Gasteiger partial charge in [-0.25, -0.2) is 9.98 Å². The van der Waals surface area contributed by atoms with Gasteiger partial charge in [-0.05, 0) is 12.8 Å². The molecule has 152 valence electrons. The minimum atomic E-state index is 0.0474. The molecule has 9 nitrogen and oxygen atoms in total. The van der Waals surface area contributed by atoms with Crippen LogP contribution in [0.25, 0.3) is 0 Å². The minimum Gasteiger partial charge on any atom is -0.356 e. The van der Waals surface area contributed by atoms with Crippen molar-refractivity contribution in [3.63, 3.8) is 0 Å². The molecule has 0 atom stereocenters. The van der Waals surface area contributed by atoms with Crippen LogP contribution in [0.5, 0.6) is 0 Å². The number of anilines is 1. The van der Waals surface area contributed by atoms with E-state index in [0.29, 0.717) is 32.1 Å². The number of hydrogen-bond acceptors (Lipinski definition) is 4. The Kier molecular flexibility index (Phi) is 6.33. The van der Waals surface area contributed by atoms with Gasteiger partial charge in [0, 0.05) is 51.8 Å². The molecule has 1 aliphatic heterocycles. The number of imidazole rings is 1. The van der Waals surface area contributed by atoms with Crippen LogP contribution in [0.2, 0.25) is 0 Å². The third-order valence-electron chi connectivity index (χ3n) is 4.59. The average Bonchev–Trinajstić information content (AvgIpc) is 3.27. The molecule has 1 fully saturated rings. The number of hydrogen-bond donors (Lipinski definition) is 1. The van der Waals surface area contributed by atoms with Crippen molar-refractivity contribution in [1.82, 2.24) is 29.5 Å². The summed E-state index contributed by atoms with van der Waals surface area (Å²) in [4.78, 5) is 25.7. The number of carbonyl (C=O) groups excluding carboxylic acids is 1. The molecule has 1 aliphatic rings. The predicted octanol–water partition coefficient (Wildman–Crippen LogP) is 1.09. The SMILES string of the molecule is CCNC(=NCc1nccn1CC(C)C)N1CCN(c2cnn(C)c2)C(=O)C1. The first-order valence-electron chi connectivity index (χ1n) is 9.80. The van der Waals surface area contributed by atoms with E-state index >= 15 is 0 Å². The fourth-order valence-corrected chi connectivity index (χ4v) is 3.30.